The molecule has 0 aliphatic rings. The quantitative estimate of drug-likeness (QED) is 0.673. The topological polar surface area (TPSA) is 49.4 Å². The Morgan fingerprint density at radius 3 is 1.32 bits per heavy atom. The van der Waals surface area contributed by atoms with Crippen molar-refractivity contribution in [2.45, 2.75) is 4.90 Å². The van der Waals surface area contributed by atoms with Gasteiger partial charge in [0.2, 0.25) is 0 Å². The number of para-hydroxylation sites is 2. The van der Waals surface area contributed by atoms with Crippen molar-refractivity contribution in [3.63, 3.8) is 0 Å². The van der Waals surface area contributed by atoms with Crippen LogP contribution in [0.15, 0.2) is 95.9 Å². The normalized spacial score (nSPS) is 11.0. The lowest BCUT2D eigenvalue weighted by Gasteiger charge is -2.03. The molecule has 0 radical (unpaired) electrons. The van der Waals surface area contributed by atoms with Gasteiger partial charge < -0.3 is 9.29 Å². The maximum atomic E-state index is 10.2. The van der Waals surface area contributed by atoms with Crippen molar-refractivity contribution in [1.82, 2.24) is 0 Å². The van der Waals surface area contributed by atoms with E-state index in [0.717, 1.165) is 11.5 Å². The van der Waals surface area contributed by atoms with Crippen LogP contribution >= 0.6 is 0 Å². The van der Waals surface area contributed by atoms with Gasteiger partial charge in [-0.3, -0.25) is 4.21 Å². The average Bonchev–Trinajstić information content (AvgIpc) is 2.58. The highest BCUT2D eigenvalue weighted by molar-refractivity contribution is 7.79. The molecule has 3 aromatic carbocycles. The van der Waals surface area contributed by atoms with E-state index in [9.17, 15) is 8.76 Å². The smallest absolute Gasteiger partial charge is 0.127 e. The van der Waals surface area contributed by atoms with Crippen molar-refractivity contribution in [3.8, 4) is 11.5 Å². The van der Waals surface area contributed by atoms with Gasteiger partial charge in [0, 0.05) is 4.90 Å². The van der Waals surface area contributed by atoms with Crippen LogP contribution < -0.4 is 4.74 Å². The summed E-state index contributed by atoms with van der Waals surface area (Å²) in [5.74, 6) is 1.74. The van der Waals surface area contributed by atoms with E-state index in [1.54, 1.807) is 30.3 Å². The second kappa shape index (κ2) is 8.77. The van der Waals surface area contributed by atoms with Crippen molar-refractivity contribution in [2.24, 2.45) is 0 Å². The number of ether oxygens (including phenoxy) is 1. The molecule has 0 saturated carbocycles. The minimum absolute atomic E-state index is 0.331. The molecule has 4 heteroatoms. The molecule has 0 aliphatic carbocycles. The predicted molar refractivity (Wildman–Crippen MR) is 86.6 cm³/mol. The molecule has 0 spiro atoms. The number of hydrogen-bond donors (Lipinski definition) is 0. The van der Waals surface area contributed by atoms with Crippen molar-refractivity contribution in [3.05, 3.63) is 91.0 Å². The molecule has 0 heterocycles. The van der Waals surface area contributed by atoms with Crippen LogP contribution in [0.4, 0.5) is 0 Å². The summed E-state index contributed by atoms with van der Waals surface area (Å²) in [6.45, 7) is 0. The number of benzene rings is 3. The fraction of sp³-hybridized carbons (Fsp3) is 0. The Kier molecular flexibility index (Phi) is 6.36. The standard InChI is InChI=1S/C12H10O.C6H6O2S/c1-3-7-11(8-4-1)13-12-9-5-2-6-10-12;7-9(8)6-4-2-1-3-5-6/h1-10H;1-5H,(H,7,8)/p-1. The van der Waals surface area contributed by atoms with Gasteiger partial charge in [-0.15, -0.1) is 0 Å². The molecule has 112 valence electrons. The summed E-state index contributed by atoms with van der Waals surface area (Å²) in [5, 5.41) is 0. The molecule has 0 fully saturated rings. The van der Waals surface area contributed by atoms with Crippen LogP contribution in [-0.2, 0) is 11.1 Å². The van der Waals surface area contributed by atoms with Gasteiger partial charge >= 0.3 is 0 Å². The van der Waals surface area contributed by atoms with E-state index in [4.69, 9.17) is 4.74 Å². The second-order valence-electron chi connectivity index (χ2n) is 4.28. The van der Waals surface area contributed by atoms with Crippen LogP contribution in [0, 0.1) is 0 Å². The first-order chi connectivity index (χ1) is 10.8. The summed E-state index contributed by atoms with van der Waals surface area (Å²) >= 11 is -2.08. The lowest BCUT2D eigenvalue weighted by Crippen LogP contribution is -1.85. The SMILES string of the molecule is O=S([O-])c1ccccc1.c1ccc(Oc2ccccc2)cc1. The van der Waals surface area contributed by atoms with E-state index < -0.39 is 11.1 Å². The molecule has 0 amide bonds. The fourth-order valence-electron chi connectivity index (χ4n) is 1.64. The molecule has 1 atom stereocenters. The third-order valence-electron chi connectivity index (χ3n) is 2.66. The first-order valence-electron chi connectivity index (χ1n) is 6.68. The highest BCUT2D eigenvalue weighted by Gasteiger charge is 1.92. The number of hydrogen-bond acceptors (Lipinski definition) is 3. The Morgan fingerprint density at radius 1 is 0.636 bits per heavy atom. The molecule has 0 aromatic heterocycles. The van der Waals surface area contributed by atoms with E-state index in [2.05, 4.69) is 0 Å². The van der Waals surface area contributed by atoms with E-state index >= 15 is 0 Å². The lowest BCUT2D eigenvalue weighted by atomic mass is 10.3. The molecule has 1 unspecified atom stereocenters. The molecular formula is C18H15O3S-. The van der Waals surface area contributed by atoms with Gasteiger partial charge in [0.1, 0.15) is 11.5 Å². The van der Waals surface area contributed by atoms with Gasteiger partial charge in [-0.2, -0.15) is 0 Å². The van der Waals surface area contributed by atoms with Crippen molar-refractivity contribution >= 4 is 11.1 Å². The average molecular weight is 311 g/mol. The maximum Gasteiger partial charge on any atom is 0.127 e. The Labute approximate surface area is 132 Å². The van der Waals surface area contributed by atoms with Crippen LogP contribution in [0.25, 0.3) is 0 Å². The lowest BCUT2D eigenvalue weighted by molar-refractivity contribution is 0.482. The molecule has 3 aromatic rings. The summed E-state index contributed by atoms with van der Waals surface area (Å²) in [4.78, 5) is 0.331. The Bertz CT molecular complexity index is 648. The van der Waals surface area contributed by atoms with Crippen molar-refractivity contribution < 1.29 is 13.5 Å². The first-order valence-corrected chi connectivity index (χ1v) is 7.75. The fourth-order valence-corrected chi connectivity index (χ4v) is 2.02. The Hall–Kier alpha value is -2.43. The zero-order chi connectivity index (χ0) is 15.6. The molecule has 0 bridgehead atoms. The highest BCUT2D eigenvalue weighted by Crippen LogP contribution is 2.19. The van der Waals surface area contributed by atoms with Gasteiger partial charge in [0.15, 0.2) is 0 Å². The molecule has 0 aliphatic heterocycles. The molecular weight excluding hydrogens is 296 g/mol. The summed E-state index contributed by atoms with van der Waals surface area (Å²) in [7, 11) is 0. The van der Waals surface area contributed by atoms with Gasteiger partial charge in [-0.05, 0) is 47.5 Å². The monoisotopic (exact) mass is 311 g/mol. The minimum Gasteiger partial charge on any atom is -0.768 e. The Balaban J connectivity index is 0.000000172. The first kappa shape index (κ1) is 15.9. The van der Waals surface area contributed by atoms with E-state index in [1.165, 1.54) is 0 Å². The third kappa shape index (κ3) is 5.52. The Morgan fingerprint density at radius 2 is 1.00 bits per heavy atom. The van der Waals surface area contributed by atoms with Crippen LogP contribution in [0.5, 0.6) is 11.5 Å². The molecule has 0 saturated heterocycles. The van der Waals surface area contributed by atoms with E-state index in [1.807, 2.05) is 60.7 Å². The number of rotatable bonds is 3. The summed E-state index contributed by atoms with van der Waals surface area (Å²) < 4.78 is 26.0. The minimum atomic E-state index is -2.08. The molecule has 0 N–H and O–H groups in total. The molecule has 3 nitrogen and oxygen atoms in total. The van der Waals surface area contributed by atoms with Gasteiger partial charge in [0.25, 0.3) is 0 Å². The van der Waals surface area contributed by atoms with Gasteiger partial charge in [-0.1, -0.05) is 54.6 Å². The van der Waals surface area contributed by atoms with Gasteiger partial charge in [-0.25, -0.2) is 0 Å². The molecule has 22 heavy (non-hydrogen) atoms. The van der Waals surface area contributed by atoms with Crippen LogP contribution in [0.2, 0.25) is 0 Å². The summed E-state index contributed by atoms with van der Waals surface area (Å²) in [6.07, 6.45) is 0. The summed E-state index contributed by atoms with van der Waals surface area (Å²) in [5.41, 5.74) is 0. The third-order valence-corrected chi connectivity index (χ3v) is 3.31. The second-order valence-corrected chi connectivity index (χ2v) is 5.22. The van der Waals surface area contributed by atoms with E-state index in [0.29, 0.717) is 4.90 Å². The summed E-state index contributed by atoms with van der Waals surface area (Å²) in [6, 6.07) is 27.8. The van der Waals surface area contributed by atoms with Crippen LogP contribution in [-0.4, -0.2) is 8.76 Å². The largest absolute Gasteiger partial charge is 0.768 e. The maximum absolute atomic E-state index is 10.2. The predicted octanol–water partition coefficient (Wildman–Crippen LogP) is 4.40. The zero-order valence-electron chi connectivity index (χ0n) is 11.8. The van der Waals surface area contributed by atoms with Gasteiger partial charge in [0.05, 0.1) is 0 Å². The zero-order valence-corrected chi connectivity index (χ0v) is 12.6. The van der Waals surface area contributed by atoms with E-state index in [-0.39, 0.29) is 0 Å². The van der Waals surface area contributed by atoms with Crippen molar-refractivity contribution in [1.29, 1.82) is 0 Å². The highest BCUT2D eigenvalue weighted by atomic mass is 32.2. The van der Waals surface area contributed by atoms with Crippen LogP contribution in [0.3, 0.4) is 0 Å². The van der Waals surface area contributed by atoms with Crippen LogP contribution in [0.1, 0.15) is 0 Å². The van der Waals surface area contributed by atoms with Crippen molar-refractivity contribution in [2.75, 3.05) is 0 Å². The molecule has 3 rings (SSSR count).